The molecule has 7 aromatic carbocycles. The summed E-state index contributed by atoms with van der Waals surface area (Å²) >= 11 is 0. The third-order valence-corrected chi connectivity index (χ3v) is 9.44. The van der Waals surface area contributed by atoms with E-state index in [1.807, 2.05) is 72.8 Å². The van der Waals surface area contributed by atoms with E-state index in [1.165, 1.54) is 10.8 Å². The molecule has 0 aliphatic carbocycles. The smallest absolute Gasteiger partial charge is 0.164 e. The summed E-state index contributed by atoms with van der Waals surface area (Å²) in [6.45, 7) is 0. The van der Waals surface area contributed by atoms with Crippen molar-refractivity contribution in [3.05, 3.63) is 170 Å². The number of benzene rings is 7. The van der Waals surface area contributed by atoms with Crippen molar-refractivity contribution >= 4 is 43.7 Å². The molecule has 0 spiro atoms. The van der Waals surface area contributed by atoms with E-state index in [9.17, 15) is 0 Å². The number of fused-ring (bicyclic) bond motifs is 6. The molecule has 0 amide bonds. The van der Waals surface area contributed by atoms with Gasteiger partial charge in [0.25, 0.3) is 0 Å². The van der Waals surface area contributed by atoms with Gasteiger partial charge in [-0.3, -0.25) is 0 Å². The Morgan fingerprint density at radius 1 is 0.340 bits per heavy atom. The monoisotopic (exact) mass is 640 g/mol. The molecule has 234 valence electrons. The van der Waals surface area contributed by atoms with Gasteiger partial charge in [0, 0.05) is 43.9 Å². The molecule has 5 heteroatoms. The van der Waals surface area contributed by atoms with Crippen molar-refractivity contribution in [2.75, 3.05) is 0 Å². The van der Waals surface area contributed by atoms with Gasteiger partial charge in [0.1, 0.15) is 11.2 Å². The molecule has 0 saturated carbocycles. The van der Waals surface area contributed by atoms with Gasteiger partial charge in [0.2, 0.25) is 0 Å². The first-order valence-electron chi connectivity index (χ1n) is 16.7. The molecule has 50 heavy (non-hydrogen) atoms. The summed E-state index contributed by atoms with van der Waals surface area (Å²) in [5.41, 5.74) is 10.3. The van der Waals surface area contributed by atoms with Gasteiger partial charge in [-0.25, -0.2) is 15.0 Å². The minimum absolute atomic E-state index is 0.638. The lowest BCUT2D eigenvalue weighted by atomic mass is 10.0. The van der Waals surface area contributed by atoms with Gasteiger partial charge in [0.15, 0.2) is 17.5 Å². The highest BCUT2D eigenvalue weighted by molar-refractivity contribution is 6.11. The Bertz CT molecular complexity index is 2810. The summed E-state index contributed by atoms with van der Waals surface area (Å²) in [6, 6.07) is 58.7. The fourth-order valence-corrected chi connectivity index (χ4v) is 7.06. The number of aromatic nitrogens is 4. The molecule has 0 saturated heterocycles. The quantitative estimate of drug-likeness (QED) is 0.188. The maximum atomic E-state index is 6.14. The lowest BCUT2D eigenvalue weighted by Crippen LogP contribution is -2.00. The number of para-hydroxylation sites is 2. The van der Waals surface area contributed by atoms with Crippen LogP contribution in [0.1, 0.15) is 0 Å². The Morgan fingerprint density at radius 3 is 1.66 bits per heavy atom. The van der Waals surface area contributed by atoms with Crippen LogP contribution in [0.25, 0.3) is 94.7 Å². The average molecular weight is 641 g/mol. The number of hydrogen-bond acceptors (Lipinski definition) is 4. The highest BCUT2D eigenvalue weighted by atomic mass is 16.3. The molecule has 0 atom stereocenters. The molecule has 0 fully saturated rings. The van der Waals surface area contributed by atoms with Crippen LogP contribution in [0, 0.1) is 0 Å². The normalized spacial score (nSPS) is 11.6. The van der Waals surface area contributed by atoms with Crippen molar-refractivity contribution in [2.24, 2.45) is 0 Å². The Balaban J connectivity index is 1.11. The lowest BCUT2D eigenvalue weighted by molar-refractivity contribution is 0.669. The van der Waals surface area contributed by atoms with Crippen molar-refractivity contribution < 1.29 is 4.42 Å². The fourth-order valence-electron chi connectivity index (χ4n) is 7.06. The van der Waals surface area contributed by atoms with Gasteiger partial charge in [-0.15, -0.1) is 0 Å². The van der Waals surface area contributed by atoms with E-state index in [0.29, 0.717) is 17.5 Å². The third kappa shape index (κ3) is 4.67. The molecule has 3 aromatic heterocycles. The summed E-state index contributed by atoms with van der Waals surface area (Å²) in [5.74, 6) is 1.94. The summed E-state index contributed by atoms with van der Waals surface area (Å²) in [6.07, 6.45) is 0. The Kier molecular flexibility index (Phi) is 6.42. The Hall–Kier alpha value is -6.85. The number of nitrogens with zero attached hydrogens (tertiary/aromatic N) is 4. The highest BCUT2D eigenvalue weighted by Gasteiger charge is 2.17. The van der Waals surface area contributed by atoms with Crippen LogP contribution in [0.3, 0.4) is 0 Å². The zero-order valence-electron chi connectivity index (χ0n) is 26.9. The predicted molar refractivity (Wildman–Crippen MR) is 203 cm³/mol. The van der Waals surface area contributed by atoms with Crippen LogP contribution in [-0.4, -0.2) is 19.5 Å². The first-order valence-corrected chi connectivity index (χ1v) is 16.7. The Morgan fingerprint density at radius 2 is 0.900 bits per heavy atom. The van der Waals surface area contributed by atoms with Crippen molar-refractivity contribution in [3.63, 3.8) is 0 Å². The molecule has 0 aliphatic heterocycles. The van der Waals surface area contributed by atoms with Gasteiger partial charge >= 0.3 is 0 Å². The van der Waals surface area contributed by atoms with E-state index in [0.717, 1.165) is 66.5 Å². The van der Waals surface area contributed by atoms with Gasteiger partial charge in [-0.2, -0.15) is 0 Å². The van der Waals surface area contributed by atoms with Crippen molar-refractivity contribution in [1.82, 2.24) is 19.5 Å². The van der Waals surface area contributed by atoms with E-state index in [1.54, 1.807) is 0 Å². The van der Waals surface area contributed by atoms with Crippen LogP contribution >= 0.6 is 0 Å². The van der Waals surface area contributed by atoms with Crippen LogP contribution in [0.4, 0.5) is 0 Å². The van der Waals surface area contributed by atoms with Gasteiger partial charge in [-0.1, -0.05) is 121 Å². The second-order valence-electron chi connectivity index (χ2n) is 12.5. The summed E-state index contributed by atoms with van der Waals surface area (Å²) in [5, 5.41) is 4.63. The topological polar surface area (TPSA) is 56.7 Å². The van der Waals surface area contributed by atoms with Crippen molar-refractivity contribution in [1.29, 1.82) is 0 Å². The van der Waals surface area contributed by atoms with Crippen LogP contribution < -0.4 is 0 Å². The largest absolute Gasteiger partial charge is 0.456 e. The molecular formula is C45H28N4O. The summed E-state index contributed by atoms with van der Waals surface area (Å²) < 4.78 is 8.50. The molecule has 0 N–H and O–H groups in total. The summed E-state index contributed by atoms with van der Waals surface area (Å²) in [4.78, 5) is 14.8. The molecule has 10 aromatic rings. The van der Waals surface area contributed by atoms with E-state index in [4.69, 9.17) is 19.4 Å². The van der Waals surface area contributed by atoms with Crippen LogP contribution in [0.2, 0.25) is 0 Å². The molecule has 10 rings (SSSR count). The van der Waals surface area contributed by atoms with Gasteiger partial charge in [-0.05, 0) is 59.7 Å². The third-order valence-electron chi connectivity index (χ3n) is 9.44. The van der Waals surface area contributed by atoms with Crippen LogP contribution in [0.15, 0.2) is 174 Å². The Labute approximate surface area is 287 Å². The molecule has 5 nitrogen and oxygen atoms in total. The van der Waals surface area contributed by atoms with Crippen LogP contribution in [0.5, 0.6) is 0 Å². The minimum atomic E-state index is 0.638. The second kappa shape index (κ2) is 11.4. The first-order chi connectivity index (χ1) is 24.8. The fraction of sp³-hybridized carbons (Fsp3) is 0. The maximum absolute atomic E-state index is 6.14. The molecule has 3 heterocycles. The number of rotatable bonds is 5. The van der Waals surface area contributed by atoms with Gasteiger partial charge < -0.3 is 8.98 Å². The second-order valence-corrected chi connectivity index (χ2v) is 12.5. The van der Waals surface area contributed by atoms with E-state index >= 15 is 0 Å². The van der Waals surface area contributed by atoms with Gasteiger partial charge in [0.05, 0.1) is 11.0 Å². The first kappa shape index (κ1) is 28.2. The molecular weight excluding hydrogens is 613 g/mol. The number of hydrogen-bond donors (Lipinski definition) is 0. The van der Waals surface area contributed by atoms with E-state index < -0.39 is 0 Å². The zero-order chi connectivity index (χ0) is 33.0. The summed E-state index contributed by atoms with van der Waals surface area (Å²) in [7, 11) is 0. The predicted octanol–water partition coefficient (Wildman–Crippen LogP) is 11.5. The van der Waals surface area contributed by atoms with E-state index in [-0.39, 0.29) is 0 Å². The number of furan rings is 1. The SMILES string of the molecule is c1ccc(-c2nc(-c3ccccc3)nc(-c3cccc(-c4ccc5c(c4)c4ccccc4n5-c4ccc5oc6ccccc6c5c4)c3)n2)cc1. The lowest BCUT2D eigenvalue weighted by Gasteiger charge is -2.10. The highest BCUT2D eigenvalue weighted by Crippen LogP contribution is 2.38. The van der Waals surface area contributed by atoms with Crippen LogP contribution in [-0.2, 0) is 0 Å². The molecule has 0 aliphatic rings. The van der Waals surface area contributed by atoms with Crippen molar-refractivity contribution in [3.8, 4) is 51.0 Å². The average Bonchev–Trinajstić information content (AvgIpc) is 3.73. The minimum Gasteiger partial charge on any atom is -0.456 e. The molecule has 0 radical (unpaired) electrons. The zero-order valence-corrected chi connectivity index (χ0v) is 26.9. The molecule has 0 bridgehead atoms. The molecule has 0 unspecified atom stereocenters. The van der Waals surface area contributed by atoms with E-state index in [2.05, 4.69) is 102 Å². The standard InChI is InChI=1S/C45H28N4O/c1-3-12-29(13-4-1)43-46-44(30-14-5-2-6-15-30)48-45(47-43)33-17-11-16-31(26-33)32-22-24-40-37(27-32)35-18-7-9-20-39(35)49(40)34-23-25-42-38(28-34)36-19-8-10-21-41(36)50-42/h1-28H. The maximum Gasteiger partial charge on any atom is 0.164 e. The van der Waals surface area contributed by atoms with Crippen molar-refractivity contribution in [2.45, 2.75) is 0 Å².